The highest BCUT2D eigenvalue weighted by Gasteiger charge is 2.38. The normalized spacial score (nSPS) is 16.8. The number of fused-ring (bicyclic) bond motifs is 1. The van der Waals surface area contributed by atoms with E-state index >= 15 is 0 Å². The largest absolute Gasteiger partial charge is 0.417 e. The number of benzene rings is 1. The molecular weight excluding hydrogens is 457 g/mol. The molecule has 0 aliphatic carbocycles. The Labute approximate surface area is 189 Å². The first-order valence-electron chi connectivity index (χ1n) is 10.5. The van der Waals surface area contributed by atoms with Gasteiger partial charge in [-0.2, -0.15) is 17.9 Å². The van der Waals surface area contributed by atoms with E-state index in [1.54, 1.807) is 11.1 Å². The van der Waals surface area contributed by atoms with Crippen molar-refractivity contribution in [3.8, 4) is 0 Å². The maximum absolute atomic E-state index is 13.2. The van der Waals surface area contributed by atoms with Gasteiger partial charge in [0.1, 0.15) is 5.65 Å². The average Bonchev–Trinajstić information content (AvgIpc) is 3.22. The standard InChI is InChI=1S/C22H23F3N4O3S/c1-14(28-33(31,32)19-7-3-2-6-18(19)22(23,24)25)21(30)29-11-8-15(9-12-29)17-13-27-20-16(17)5-4-10-26-20/h2-7,10,13-15,28H,8-9,11-12H2,1H3,(H,26,27)/t14-/m0/s1. The van der Waals surface area contributed by atoms with Gasteiger partial charge in [-0.05, 0) is 55.5 Å². The SMILES string of the molecule is C[C@H](NS(=O)(=O)c1ccccc1C(F)(F)F)C(=O)N1CCC(c2c[nH]c3ncccc23)CC1. The Balaban J connectivity index is 1.42. The topological polar surface area (TPSA) is 95.2 Å². The number of alkyl halides is 3. The minimum atomic E-state index is -4.83. The molecule has 0 bridgehead atoms. The summed E-state index contributed by atoms with van der Waals surface area (Å²) in [4.78, 5) is 20.9. The van der Waals surface area contributed by atoms with Crippen LogP contribution in [-0.4, -0.2) is 48.3 Å². The van der Waals surface area contributed by atoms with Crippen LogP contribution < -0.4 is 4.72 Å². The number of H-pyrrole nitrogens is 1. The number of sulfonamides is 1. The summed E-state index contributed by atoms with van der Waals surface area (Å²) in [5.41, 5.74) is 0.655. The van der Waals surface area contributed by atoms with Crippen LogP contribution in [0.15, 0.2) is 53.7 Å². The predicted octanol–water partition coefficient (Wildman–Crippen LogP) is 3.65. The molecule has 0 unspecified atom stereocenters. The van der Waals surface area contributed by atoms with E-state index in [1.807, 2.05) is 18.3 Å². The molecule has 33 heavy (non-hydrogen) atoms. The van der Waals surface area contributed by atoms with Crippen LogP contribution in [0.25, 0.3) is 11.0 Å². The van der Waals surface area contributed by atoms with Crippen molar-refractivity contribution in [2.45, 2.75) is 42.8 Å². The lowest BCUT2D eigenvalue weighted by atomic mass is 9.89. The number of carbonyl (C=O) groups is 1. The number of hydrogen-bond acceptors (Lipinski definition) is 4. The number of hydrogen-bond donors (Lipinski definition) is 2. The molecule has 1 aliphatic heterocycles. The summed E-state index contributed by atoms with van der Waals surface area (Å²) >= 11 is 0. The number of likely N-dealkylation sites (tertiary alicyclic amines) is 1. The van der Waals surface area contributed by atoms with Crippen LogP contribution in [0.2, 0.25) is 0 Å². The monoisotopic (exact) mass is 480 g/mol. The molecule has 2 aromatic heterocycles. The molecular formula is C22H23F3N4O3S. The Morgan fingerprint density at radius 1 is 1.18 bits per heavy atom. The van der Waals surface area contributed by atoms with E-state index in [9.17, 15) is 26.4 Å². The van der Waals surface area contributed by atoms with Gasteiger partial charge in [0.05, 0.1) is 16.5 Å². The zero-order valence-electron chi connectivity index (χ0n) is 17.8. The minimum absolute atomic E-state index is 0.220. The van der Waals surface area contributed by atoms with E-state index in [-0.39, 0.29) is 5.92 Å². The van der Waals surface area contributed by atoms with E-state index in [0.717, 1.165) is 28.7 Å². The van der Waals surface area contributed by atoms with Crippen molar-refractivity contribution in [2.75, 3.05) is 13.1 Å². The number of rotatable bonds is 5. The lowest BCUT2D eigenvalue weighted by molar-refractivity contribution is -0.139. The first-order valence-corrected chi connectivity index (χ1v) is 12.0. The first kappa shape index (κ1) is 23.2. The smallest absolute Gasteiger partial charge is 0.346 e. The summed E-state index contributed by atoms with van der Waals surface area (Å²) in [6.45, 7) is 2.18. The first-order chi connectivity index (χ1) is 15.6. The third-order valence-corrected chi connectivity index (χ3v) is 7.51. The highest BCUT2D eigenvalue weighted by Crippen LogP contribution is 2.35. The second-order valence-electron chi connectivity index (χ2n) is 8.08. The van der Waals surface area contributed by atoms with Crippen LogP contribution in [0.4, 0.5) is 13.2 Å². The molecule has 7 nitrogen and oxygen atoms in total. The third-order valence-electron chi connectivity index (χ3n) is 5.91. The predicted molar refractivity (Wildman–Crippen MR) is 116 cm³/mol. The molecule has 11 heteroatoms. The van der Waals surface area contributed by atoms with Gasteiger partial charge in [0.2, 0.25) is 15.9 Å². The van der Waals surface area contributed by atoms with Crippen molar-refractivity contribution in [1.82, 2.24) is 19.6 Å². The number of pyridine rings is 1. The minimum Gasteiger partial charge on any atom is -0.346 e. The average molecular weight is 481 g/mol. The van der Waals surface area contributed by atoms with Gasteiger partial charge in [0, 0.05) is 30.9 Å². The molecule has 1 atom stereocenters. The number of aromatic amines is 1. The Morgan fingerprint density at radius 3 is 2.58 bits per heavy atom. The van der Waals surface area contributed by atoms with Crippen LogP contribution in [0.5, 0.6) is 0 Å². The van der Waals surface area contributed by atoms with Crippen LogP contribution in [0.1, 0.15) is 36.8 Å². The van der Waals surface area contributed by atoms with Crippen molar-refractivity contribution in [3.05, 3.63) is 59.9 Å². The summed E-state index contributed by atoms with van der Waals surface area (Å²) in [7, 11) is -4.56. The fourth-order valence-electron chi connectivity index (χ4n) is 4.28. The van der Waals surface area contributed by atoms with E-state index in [4.69, 9.17) is 0 Å². The summed E-state index contributed by atoms with van der Waals surface area (Å²) in [6, 6.07) is 6.55. The van der Waals surface area contributed by atoms with E-state index < -0.39 is 38.6 Å². The lowest BCUT2D eigenvalue weighted by Gasteiger charge is -2.33. The number of aromatic nitrogens is 2. The summed E-state index contributed by atoms with van der Waals surface area (Å²) < 4.78 is 67.1. The maximum Gasteiger partial charge on any atom is 0.417 e. The highest BCUT2D eigenvalue weighted by molar-refractivity contribution is 7.89. The summed E-state index contributed by atoms with van der Waals surface area (Å²) in [5.74, 6) is -0.250. The van der Waals surface area contributed by atoms with Gasteiger partial charge in [-0.1, -0.05) is 12.1 Å². The van der Waals surface area contributed by atoms with Crippen molar-refractivity contribution >= 4 is 27.0 Å². The van der Waals surface area contributed by atoms with Crippen molar-refractivity contribution in [2.24, 2.45) is 0 Å². The Kier molecular flexibility index (Phi) is 6.19. The van der Waals surface area contributed by atoms with Gasteiger partial charge < -0.3 is 9.88 Å². The molecule has 0 spiro atoms. The van der Waals surface area contributed by atoms with Crippen LogP contribution >= 0.6 is 0 Å². The van der Waals surface area contributed by atoms with Crippen molar-refractivity contribution in [3.63, 3.8) is 0 Å². The molecule has 1 aliphatic rings. The number of piperidine rings is 1. The molecule has 2 N–H and O–H groups in total. The summed E-state index contributed by atoms with van der Waals surface area (Å²) in [6.07, 6.45) is 0.167. The Morgan fingerprint density at radius 2 is 1.88 bits per heavy atom. The number of carbonyl (C=O) groups excluding carboxylic acids is 1. The number of nitrogens with zero attached hydrogens (tertiary/aromatic N) is 2. The van der Waals surface area contributed by atoms with Crippen molar-refractivity contribution < 1.29 is 26.4 Å². The number of amides is 1. The molecule has 176 valence electrons. The maximum atomic E-state index is 13.2. The van der Waals surface area contributed by atoms with Gasteiger partial charge in [-0.3, -0.25) is 4.79 Å². The lowest BCUT2D eigenvalue weighted by Crippen LogP contribution is -2.49. The number of nitrogens with one attached hydrogen (secondary N) is 2. The fraction of sp³-hybridized carbons (Fsp3) is 0.364. The highest BCUT2D eigenvalue weighted by atomic mass is 32.2. The van der Waals surface area contributed by atoms with E-state index in [1.165, 1.54) is 13.0 Å². The van der Waals surface area contributed by atoms with Crippen molar-refractivity contribution in [1.29, 1.82) is 0 Å². The quantitative estimate of drug-likeness (QED) is 0.583. The Hall–Kier alpha value is -2.92. The molecule has 0 saturated carbocycles. The van der Waals surface area contributed by atoms with Gasteiger partial charge in [0.25, 0.3) is 0 Å². The van der Waals surface area contributed by atoms with E-state index in [2.05, 4.69) is 14.7 Å². The molecule has 4 rings (SSSR count). The van der Waals surface area contributed by atoms with Gasteiger partial charge in [-0.25, -0.2) is 13.4 Å². The molecule has 3 aromatic rings. The molecule has 1 saturated heterocycles. The van der Waals surface area contributed by atoms with Gasteiger partial charge in [0.15, 0.2) is 0 Å². The molecule has 0 radical (unpaired) electrons. The molecule has 1 amide bonds. The van der Waals surface area contributed by atoms with Crippen LogP contribution in [-0.2, 0) is 21.0 Å². The van der Waals surface area contributed by atoms with E-state index in [0.29, 0.717) is 32.0 Å². The molecule has 1 fully saturated rings. The van der Waals surface area contributed by atoms with Gasteiger partial charge in [-0.15, -0.1) is 0 Å². The number of halogens is 3. The zero-order chi connectivity index (χ0) is 23.8. The second-order valence-corrected chi connectivity index (χ2v) is 9.76. The van der Waals surface area contributed by atoms with Crippen LogP contribution in [0, 0.1) is 0 Å². The molecule has 1 aromatic carbocycles. The fourth-order valence-corrected chi connectivity index (χ4v) is 5.71. The van der Waals surface area contributed by atoms with Gasteiger partial charge >= 0.3 is 6.18 Å². The Bertz CT molecular complexity index is 1270. The van der Waals surface area contributed by atoms with Crippen LogP contribution in [0.3, 0.4) is 0 Å². The summed E-state index contributed by atoms with van der Waals surface area (Å²) in [5, 5.41) is 1.03. The molecule has 3 heterocycles. The second kappa shape index (κ2) is 8.79. The third kappa shape index (κ3) is 4.74. The zero-order valence-corrected chi connectivity index (χ0v) is 18.6.